The zero-order valence-corrected chi connectivity index (χ0v) is 5.51. The average Bonchev–Trinajstić information content (AvgIpc) is 2.15. The van der Waals surface area contributed by atoms with Crippen LogP contribution in [0.5, 0.6) is 0 Å². The molecule has 0 radical (unpaired) electrons. The van der Waals surface area contributed by atoms with Crippen molar-refractivity contribution in [1.29, 1.82) is 0 Å². The van der Waals surface area contributed by atoms with Crippen molar-refractivity contribution in [2.75, 3.05) is 13.1 Å². The molecule has 10 heavy (non-hydrogen) atoms. The van der Waals surface area contributed by atoms with Gasteiger partial charge in [0, 0.05) is 19.0 Å². The minimum Gasteiger partial charge on any atom is -0.481 e. The van der Waals surface area contributed by atoms with Crippen molar-refractivity contribution in [2.24, 2.45) is 5.92 Å². The van der Waals surface area contributed by atoms with Crippen LogP contribution in [0.25, 0.3) is 0 Å². The molecule has 0 spiro atoms. The number of aliphatic carboxylic acids is 1. The summed E-state index contributed by atoms with van der Waals surface area (Å²) in [7, 11) is 0. The standard InChI is InChI=1S/C6H10FNO2/c7-5-3-8-2-4(5)1-6(9)10/h4-5,8H,1-3H2,(H,9,10)/t4-,5-/m1/s1. The van der Waals surface area contributed by atoms with Gasteiger partial charge in [0.2, 0.25) is 0 Å². The van der Waals surface area contributed by atoms with Gasteiger partial charge in [-0.05, 0) is 0 Å². The monoisotopic (exact) mass is 147 g/mol. The number of carboxylic acid groups (broad SMARTS) is 1. The average molecular weight is 147 g/mol. The van der Waals surface area contributed by atoms with Crippen LogP contribution in [0, 0.1) is 5.92 Å². The highest BCUT2D eigenvalue weighted by molar-refractivity contribution is 5.67. The summed E-state index contributed by atoms with van der Waals surface area (Å²) in [6, 6.07) is 0. The highest BCUT2D eigenvalue weighted by Gasteiger charge is 2.28. The van der Waals surface area contributed by atoms with Crippen LogP contribution < -0.4 is 5.32 Å². The molecule has 1 fully saturated rings. The van der Waals surface area contributed by atoms with Crippen LogP contribution in [0.15, 0.2) is 0 Å². The van der Waals surface area contributed by atoms with Gasteiger partial charge in [-0.3, -0.25) is 4.79 Å². The van der Waals surface area contributed by atoms with Crippen LogP contribution in [0.3, 0.4) is 0 Å². The van der Waals surface area contributed by atoms with Gasteiger partial charge in [-0.2, -0.15) is 0 Å². The van der Waals surface area contributed by atoms with Gasteiger partial charge in [-0.1, -0.05) is 0 Å². The van der Waals surface area contributed by atoms with Crippen LogP contribution in [-0.2, 0) is 4.79 Å². The maximum atomic E-state index is 12.6. The molecule has 0 amide bonds. The van der Waals surface area contributed by atoms with E-state index in [9.17, 15) is 9.18 Å². The van der Waals surface area contributed by atoms with Crippen molar-refractivity contribution in [3.05, 3.63) is 0 Å². The van der Waals surface area contributed by atoms with E-state index in [1.165, 1.54) is 0 Å². The maximum Gasteiger partial charge on any atom is 0.303 e. The summed E-state index contributed by atoms with van der Waals surface area (Å²) >= 11 is 0. The Hall–Kier alpha value is -0.640. The first-order chi connectivity index (χ1) is 4.70. The first-order valence-corrected chi connectivity index (χ1v) is 3.26. The third kappa shape index (κ3) is 1.67. The van der Waals surface area contributed by atoms with Crippen LogP contribution in [0.2, 0.25) is 0 Å². The topological polar surface area (TPSA) is 49.3 Å². The Morgan fingerprint density at radius 3 is 2.80 bits per heavy atom. The highest BCUT2D eigenvalue weighted by Crippen LogP contribution is 2.15. The molecule has 0 saturated carbocycles. The number of halogens is 1. The molecule has 58 valence electrons. The van der Waals surface area contributed by atoms with E-state index in [0.717, 1.165) is 0 Å². The van der Waals surface area contributed by atoms with E-state index in [4.69, 9.17) is 5.11 Å². The molecule has 1 aliphatic heterocycles. The summed E-state index contributed by atoms with van der Waals surface area (Å²) in [5.74, 6) is -1.24. The molecule has 0 aromatic rings. The lowest BCUT2D eigenvalue weighted by atomic mass is 10.0. The molecule has 4 heteroatoms. The number of nitrogens with one attached hydrogen (secondary N) is 1. The third-order valence-electron chi connectivity index (χ3n) is 1.69. The summed E-state index contributed by atoms with van der Waals surface area (Å²) < 4.78 is 12.6. The van der Waals surface area contributed by atoms with Crippen LogP contribution >= 0.6 is 0 Å². The molecular formula is C6H10FNO2. The number of rotatable bonds is 2. The molecule has 0 aliphatic carbocycles. The quantitative estimate of drug-likeness (QED) is 0.578. The molecule has 0 aromatic carbocycles. The van der Waals surface area contributed by atoms with E-state index in [-0.39, 0.29) is 12.3 Å². The molecule has 1 saturated heterocycles. The van der Waals surface area contributed by atoms with Crippen molar-refractivity contribution in [1.82, 2.24) is 5.32 Å². The third-order valence-corrected chi connectivity index (χ3v) is 1.69. The van der Waals surface area contributed by atoms with Gasteiger partial charge < -0.3 is 10.4 Å². The Morgan fingerprint density at radius 2 is 2.40 bits per heavy atom. The molecule has 0 unspecified atom stereocenters. The lowest BCUT2D eigenvalue weighted by Gasteiger charge is -2.06. The van der Waals surface area contributed by atoms with Crippen LogP contribution in [0.1, 0.15) is 6.42 Å². The predicted molar refractivity (Wildman–Crippen MR) is 33.5 cm³/mol. The lowest BCUT2D eigenvalue weighted by molar-refractivity contribution is -0.138. The van der Waals surface area contributed by atoms with Crippen molar-refractivity contribution in [3.63, 3.8) is 0 Å². The Bertz CT molecular complexity index is 140. The number of alkyl halides is 1. The second-order valence-corrected chi connectivity index (χ2v) is 2.53. The molecule has 2 atom stereocenters. The second kappa shape index (κ2) is 2.96. The van der Waals surface area contributed by atoms with Crippen LogP contribution in [-0.4, -0.2) is 30.3 Å². The fourth-order valence-corrected chi connectivity index (χ4v) is 1.13. The van der Waals surface area contributed by atoms with E-state index in [0.29, 0.717) is 13.1 Å². The summed E-state index contributed by atoms with van der Waals surface area (Å²) in [6.07, 6.45) is -1.04. The van der Waals surface area contributed by atoms with Gasteiger partial charge in [0.1, 0.15) is 6.17 Å². The smallest absolute Gasteiger partial charge is 0.303 e. The lowest BCUT2D eigenvalue weighted by Crippen LogP contribution is -2.16. The highest BCUT2D eigenvalue weighted by atomic mass is 19.1. The minimum absolute atomic E-state index is 0.0613. The van der Waals surface area contributed by atoms with Crippen molar-refractivity contribution >= 4 is 5.97 Å². The van der Waals surface area contributed by atoms with Crippen LogP contribution in [0.4, 0.5) is 4.39 Å². The van der Waals surface area contributed by atoms with E-state index in [1.807, 2.05) is 0 Å². The Labute approximate surface area is 58.2 Å². The van der Waals surface area contributed by atoms with E-state index < -0.39 is 12.1 Å². The van der Waals surface area contributed by atoms with Crippen molar-refractivity contribution in [3.8, 4) is 0 Å². The van der Waals surface area contributed by atoms with Gasteiger partial charge in [-0.25, -0.2) is 4.39 Å². The number of hydrogen-bond donors (Lipinski definition) is 2. The van der Waals surface area contributed by atoms with Crippen molar-refractivity contribution < 1.29 is 14.3 Å². The molecule has 1 heterocycles. The predicted octanol–water partition coefficient (Wildman–Crippen LogP) is 0.0186. The zero-order valence-electron chi connectivity index (χ0n) is 5.51. The number of carboxylic acids is 1. The molecule has 1 aliphatic rings. The number of hydrogen-bond acceptors (Lipinski definition) is 2. The van der Waals surface area contributed by atoms with E-state index >= 15 is 0 Å². The Kier molecular flexibility index (Phi) is 2.21. The second-order valence-electron chi connectivity index (χ2n) is 2.53. The van der Waals surface area contributed by atoms with Gasteiger partial charge in [-0.15, -0.1) is 0 Å². The normalized spacial score (nSPS) is 32.5. The fraction of sp³-hybridized carbons (Fsp3) is 0.833. The summed E-state index contributed by atoms with van der Waals surface area (Å²) in [6.45, 7) is 0.797. The molecule has 3 nitrogen and oxygen atoms in total. The fourth-order valence-electron chi connectivity index (χ4n) is 1.13. The van der Waals surface area contributed by atoms with Crippen molar-refractivity contribution in [2.45, 2.75) is 12.6 Å². The van der Waals surface area contributed by atoms with Gasteiger partial charge in [0.05, 0.1) is 6.42 Å². The Morgan fingerprint density at radius 1 is 1.70 bits per heavy atom. The largest absolute Gasteiger partial charge is 0.481 e. The molecule has 2 N–H and O–H groups in total. The molecule has 0 aromatic heterocycles. The summed E-state index contributed by atoms with van der Waals surface area (Å²) in [4.78, 5) is 10.1. The van der Waals surface area contributed by atoms with Gasteiger partial charge in [0.25, 0.3) is 0 Å². The summed E-state index contributed by atoms with van der Waals surface area (Å²) in [5, 5.41) is 11.1. The first kappa shape index (κ1) is 7.47. The summed E-state index contributed by atoms with van der Waals surface area (Å²) in [5.41, 5.74) is 0. The van der Waals surface area contributed by atoms with Gasteiger partial charge >= 0.3 is 5.97 Å². The SMILES string of the molecule is O=C(O)C[C@@H]1CNC[C@H]1F. The molecule has 0 bridgehead atoms. The zero-order chi connectivity index (χ0) is 7.56. The molecular weight excluding hydrogens is 137 g/mol. The van der Waals surface area contributed by atoms with E-state index in [1.54, 1.807) is 0 Å². The maximum absolute atomic E-state index is 12.6. The number of carbonyl (C=O) groups is 1. The minimum atomic E-state index is -0.976. The van der Waals surface area contributed by atoms with E-state index in [2.05, 4.69) is 5.32 Å². The molecule has 1 rings (SSSR count). The first-order valence-electron chi connectivity index (χ1n) is 3.26. The van der Waals surface area contributed by atoms with Gasteiger partial charge in [0.15, 0.2) is 0 Å². The Balaban J connectivity index is 2.33.